The second-order valence-corrected chi connectivity index (χ2v) is 3.17. The first kappa shape index (κ1) is 7.73. The molecule has 1 aromatic rings. The van der Waals surface area contributed by atoms with Gasteiger partial charge in [0, 0.05) is 7.11 Å². The van der Waals surface area contributed by atoms with Gasteiger partial charge in [0.25, 0.3) is 0 Å². The highest BCUT2D eigenvalue weighted by atomic mass is 16.5. The predicted octanol–water partition coefficient (Wildman–Crippen LogP) is 1.02. The van der Waals surface area contributed by atoms with Crippen molar-refractivity contribution < 1.29 is 4.74 Å². The van der Waals surface area contributed by atoms with Gasteiger partial charge >= 0.3 is 0 Å². The SMILES string of the molecule is COC1CCC(n2nccn2)C1. The molecule has 4 nitrogen and oxygen atoms in total. The molecule has 0 bridgehead atoms. The van der Waals surface area contributed by atoms with E-state index in [1.54, 1.807) is 24.3 Å². The molecule has 1 heterocycles. The first-order valence-corrected chi connectivity index (χ1v) is 4.28. The Labute approximate surface area is 71.5 Å². The van der Waals surface area contributed by atoms with E-state index >= 15 is 0 Å². The molecule has 1 aliphatic carbocycles. The monoisotopic (exact) mass is 167 g/mol. The minimum absolute atomic E-state index is 0.404. The summed E-state index contributed by atoms with van der Waals surface area (Å²) < 4.78 is 5.27. The molecule has 2 rings (SSSR count). The lowest BCUT2D eigenvalue weighted by Crippen LogP contribution is -2.11. The predicted molar refractivity (Wildman–Crippen MR) is 43.7 cm³/mol. The minimum atomic E-state index is 0.404. The fraction of sp³-hybridized carbons (Fsp3) is 0.750. The number of rotatable bonds is 2. The fourth-order valence-corrected chi connectivity index (χ4v) is 1.76. The maximum absolute atomic E-state index is 5.27. The summed E-state index contributed by atoms with van der Waals surface area (Å²) >= 11 is 0. The van der Waals surface area contributed by atoms with E-state index in [0.29, 0.717) is 12.1 Å². The van der Waals surface area contributed by atoms with E-state index < -0.39 is 0 Å². The van der Waals surface area contributed by atoms with Gasteiger partial charge in [0.2, 0.25) is 0 Å². The molecule has 0 aliphatic heterocycles. The zero-order valence-corrected chi connectivity index (χ0v) is 7.18. The zero-order chi connectivity index (χ0) is 8.39. The Morgan fingerprint density at radius 1 is 1.33 bits per heavy atom. The number of methoxy groups -OCH3 is 1. The van der Waals surface area contributed by atoms with E-state index in [4.69, 9.17) is 4.74 Å². The van der Waals surface area contributed by atoms with Gasteiger partial charge in [0.15, 0.2) is 0 Å². The van der Waals surface area contributed by atoms with E-state index in [1.165, 1.54) is 0 Å². The third kappa shape index (κ3) is 1.34. The van der Waals surface area contributed by atoms with E-state index in [1.807, 2.05) is 0 Å². The van der Waals surface area contributed by atoms with Crippen LogP contribution in [0.3, 0.4) is 0 Å². The summed E-state index contributed by atoms with van der Waals surface area (Å²) in [5.41, 5.74) is 0. The zero-order valence-electron chi connectivity index (χ0n) is 7.18. The van der Waals surface area contributed by atoms with Gasteiger partial charge in [-0.25, -0.2) is 0 Å². The van der Waals surface area contributed by atoms with Crippen molar-refractivity contribution in [2.75, 3.05) is 7.11 Å². The summed E-state index contributed by atoms with van der Waals surface area (Å²) in [7, 11) is 1.77. The maximum atomic E-state index is 5.27. The quantitative estimate of drug-likeness (QED) is 0.660. The average Bonchev–Trinajstić information content (AvgIpc) is 2.75. The summed E-state index contributed by atoms with van der Waals surface area (Å²) in [6.45, 7) is 0. The molecule has 4 heteroatoms. The summed E-state index contributed by atoms with van der Waals surface area (Å²) in [6.07, 6.45) is 7.16. The number of hydrogen-bond acceptors (Lipinski definition) is 3. The largest absolute Gasteiger partial charge is 0.381 e. The number of aromatic nitrogens is 3. The van der Waals surface area contributed by atoms with Gasteiger partial charge in [-0.1, -0.05) is 0 Å². The molecule has 0 saturated heterocycles. The van der Waals surface area contributed by atoms with Crippen molar-refractivity contribution in [1.29, 1.82) is 0 Å². The topological polar surface area (TPSA) is 39.9 Å². The lowest BCUT2D eigenvalue weighted by molar-refractivity contribution is 0.104. The van der Waals surface area contributed by atoms with Crippen LogP contribution in [0.2, 0.25) is 0 Å². The van der Waals surface area contributed by atoms with Gasteiger partial charge in [-0.05, 0) is 19.3 Å². The molecule has 2 atom stereocenters. The first-order valence-electron chi connectivity index (χ1n) is 4.28. The van der Waals surface area contributed by atoms with Crippen molar-refractivity contribution in [2.45, 2.75) is 31.4 Å². The number of nitrogens with zero attached hydrogens (tertiary/aromatic N) is 3. The van der Waals surface area contributed by atoms with E-state index in [2.05, 4.69) is 10.2 Å². The summed E-state index contributed by atoms with van der Waals surface area (Å²) in [4.78, 5) is 1.79. The van der Waals surface area contributed by atoms with Crippen LogP contribution in [-0.4, -0.2) is 28.2 Å². The van der Waals surface area contributed by atoms with Crippen LogP contribution in [0.1, 0.15) is 25.3 Å². The highest BCUT2D eigenvalue weighted by Crippen LogP contribution is 2.29. The van der Waals surface area contributed by atoms with Crippen LogP contribution in [0.4, 0.5) is 0 Å². The van der Waals surface area contributed by atoms with Gasteiger partial charge in [-0.3, -0.25) is 0 Å². The third-order valence-electron chi connectivity index (χ3n) is 2.45. The molecule has 0 amide bonds. The molecule has 0 aromatic carbocycles. The van der Waals surface area contributed by atoms with Gasteiger partial charge in [0.1, 0.15) is 0 Å². The van der Waals surface area contributed by atoms with Gasteiger partial charge in [-0.15, -0.1) is 0 Å². The van der Waals surface area contributed by atoms with Crippen LogP contribution >= 0.6 is 0 Å². The summed E-state index contributed by atoms with van der Waals surface area (Å²) in [5, 5.41) is 8.23. The van der Waals surface area contributed by atoms with Crippen LogP contribution in [0.25, 0.3) is 0 Å². The maximum Gasteiger partial charge on any atom is 0.0742 e. The van der Waals surface area contributed by atoms with E-state index in [0.717, 1.165) is 19.3 Å². The second kappa shape index (κ2) is 3.23. The summed E-state index contributed by atoms with van der Waals surface area (Å²) in [5.74, 6) is 0. The van der Waals surface area contributed by atoms with Gasteiger partial charge in [0.05, 0.1) is 24.5 Å². The van der Waals surface area contributed by atoms with Crippen LogP contribution in [0.15, 0.2) is 12.4 Å². The van der Waals surface area contributed by atoms with Crippen molar-refractivity contribution in [2.24, 2.45) is 0 Å². The van der Waals surface area contributed by atoms with E-state index in [-0.39, 0.29) is 0 Å². The highest BCUT2D eigenvalue weighted by molar-refractivity contribution is 4.78. The Morgan fingerprint density at radius 2 is 2.08 bits per heavy atom. The molecule has 1 fully saturated rings. The van der Waals surface area contributed by atoms with Gasteiger partial charge in [-0.2, -0.15) is 15.0 Å². The van der Waals surface area contributed by atoms with Crippen LogP contribution in [0, 0.1) is 0 Å². The molecule has 1 aromatic heterocycles. The van der Waals surface area contributed by atoms with Crippen LogP contribution in [0.5, 0.6) is 0 Å². The molecule has 66 valence electrons. The highest BCUT2D eigenvalue weighted by Gasteiger charge is 2.26. The van der Waals surface area contributed by atoms with Crippen molar-refractivity contribution in [1.82, 2.24) is 15.0 Å². The fourth-order valence-electron chi connectivity index (χ4n) is 1.76. The molecule has 0 spiro atoms. The molecule has 0 radical (unpaired) electrons. The number of hydrogen-bond donors (Lipinski definition) is 0. The smallest absolute Gasteiger partial charge is 0.0742 e. The molecule has 12 heavy (non-hydrogen) atoms. The normalized spacial score (nSPS) is 29.4. The number of ether oxygens (including phenoxy) is 1. The molecular formula is C8H13N3O. The first-order chi connectivity index (χ1) is 5.90. The van der Waals surface area contributed by atoms with Crippen molar-refractivity contribution in [3.05, 3.63) is 12.4 Å². The van der Waals surface area contributed by atoms with Crippen molar-refractivity contribution in [3.8, 4) is 0 Å². The molecule has 2 unspecified atom stereocenters. The Hall–Kier alpha value is -0.900. The second-order valence-electron chi connectivity index (χ2n) is 3.17. The Balaban J connectivity index is 2.00. The third-order valence-corrected chi connectivity index (χ3v) is 2.45. The Bertz CT molecular complexity index is 234. The Morgan fingerprint density at radius 3 is 2.67 bits per heavy atom. The minimum Gasteiger partial charge on any atom is -0.381 e. The van der Waals surface area contributed by atoms with Crippen molar-refractivity contribution in [3.63, 3.8) is 0 Å². The van der Waals surface area contributed by atoms with Crippen LogP contribution in [-0.2, 0) is 4.74 Å². The standard InChI is InChI=1S/C8H13N3O/c1-12-8-3-2-7(6-8)11-9-4-5-10-11/h4-5,7-8H,2-3,6H2,1H3. The van der Waals surface area contributed by atoms with Crippen LogP contribution < -0.4 is 0 Å². The molecule has 1 aliphatic rings. The Kier molecular flexibility index (Phi) is 2.08. The van der Waals surface area contributed by atoms with Crippen molar-refractivity contribution >= 4 is 0 Å². The summed E-state index contributed by atoms with van der Waals surface area (Å²) in [6, 6.07) is 0.449. The molecule has 1 saturated carbocycles. The molecule has 0 N–H and O–H groups in total. The lowest BCUT2D eigenvalue weighted by atomic mass is 10.3. The average molecular weight is 167 g/mol. The lowest BCUT2D eigenvalue weighted by Gasteiger charge is -2.08. The van der Waals surface area contributed by atoms with E-state index in [9.17, 15) is 0 Å². The molecular weight excluding hydrogens is 154 g/mol. The van der Waals surface area contributed by atoms with Gasteiger partial charge < -0.3 is 4.74 Å².